The van der Waals surface area contributed by atoms with Gasteiger partial charge in [-0.25, -0.2) is 4.39 Å². The number of halogens is 2. The zero-order chi connectivity index (χ0) is 15.4. The Bertz CT molecular complexity index is 660. The van der Waals surface area contributed by atoms with Crippen LogP contribution in [0.25, 0.3) is 0 Å². The second-order valence-electron chi connectivity index (χ2n) is 4.80. The Morgan fingerprint density at radius 2 is 1.95 bits per heavy atom. The summed E-state index contributed by atoms with van der Waals surface area (Å²) in [6, 6.07) is 11.0. The molecule has 0 aromatic heterocycles. The van der Waals surface area contributed by atoms with E-state index in [1.165, 1.54) is 12.1 Å². The fourth-order valence-corrected chi connectivity index (χ4v) is 1.98. The summed E-state index contributed by atoms with van der Waals surface area (Å²) < 4.78 is 13.5. The van der Waals surface area contributed by atoms with Gasteiger partial charge in [0, 0.05) is 10.7 Å². The van der Waals surface area contributed by atoms with Gasteiger partial charge in [-0.2, -0.15) is 0 Å². The van der Waals surface area contributed by atoms with Gasteiger partial charge in [0.2, 0.25) is 5.91 Å². The number of carbonyl (C=O) groups is 1. The van der Waals surface area contributed by atoms with E-state index in [0.717, 1.165) is 11.3 Å². The van der Waals surface area contributed by atoms with Gasteiger partial charge in [0.25, 0.3) is 0 Å². The van der Waals surface area contributed by atoms with Crippen LogP contribution in [-0.2, 0) is 4.79 Å². The summed E-state index contributed by atoms with van der Waals surface area (Å²) in [5.41, 5.74) is 1.87. The zero-order valence-electron chi connectivity index (χ0n) is 11.8. The summed E-state index contributed by atoms with van der Waals surface area (Å²) in [5, 5.41) is 6.20. The molecule has 0 spiro atoms. The van der Waals surface area contributed by atoms with Crippen molar-refractivity contribution >= 4 is 28.9 Å². The number of hydrogen-bond donors (Lipinski definition) is 2. The minimum Gasteiger partial charge on any atom is -0.374 e. The molecule has 1 atom stereocenters. The third kappa shape index (κ3) is 3.95. The predicted octanol–water partition coefficient (Wildman–Crippen LogP) is 4.23. The van der Waals surface area contributed by atoms with Gasteiger partial charge in [-0.1, -0.05) is 29.8 Å². The fourth-order valence-electron chi connectivity index (χ4n) is 1.80. The standard InChI is InChI=1S/C16H16ClFN2O/c1-10-7-8-12(9-13(10)17)19-11(2)16(21)20-15-6-4-3-5-14(15)18/h3-9,11,19H,1-2H3,(H,20,21)/t11-/m0/s1. The smallest absolute Gasteiger partial charge is 0.246 e. The second kappa shape index (κ2) is 6.59. The van der Waals surface area contributed by atoms with E-state index < -0.39 is 11.9 Å². The maximum atomic E-state index is 13.5. The van der Waals surface area contributed by atoms with Crippen molar-refractivity contribution in [2.45, 2.75) is 19.9 Å². The molecule has 2 aromatic carbocycles. The normalized spacial score (nSPS) is 11.8. The molecule has 0 saturated heterocycles. The fraction of sp³-hybridized carbons (Fsp3) is 0.188. The molecule has 0 heterocycles. The quantitative estimate of drug-likeness (QED) is 0.887. The van der Waals surface area contributed by atoms with Crippen LogP contribution in [0.1, 0.15) is 12.5 Å². The Hall–Kier alpha value is -2.07. The molecule has 2 rings (SSSR count). The first-order valence-corrected chi connectivity index (χ1v) is 6.93. The maximum absolute atomic E-state index is 13.5. The average Bonchev–Trinajstić information content (AvgIpc) is 2.45. The first-order chi connectivity index (χ1) is 9.97. The number of para-hydroxylation sites is 1. The molecule has 21 heavy (non-hydrogen) atoms. The van der Waals surface area contributed by atoms with Gasteiger partial charge < -0.3 is 10.6 Å². The zero-order valence-corrected chi connectivity index (χ0v) is 12.5. The van der Waals surface area contributed by atoms with E-state index in [1.807, 2.05) is 19.1 Å². The van der Waals surface area contributed by atoms with Gasteiger partial charge in [-0.05, 0) is 43.7 Å². The van der Waals surface area contributed by atoms with Gasteiger partial charge in [0.15, 0.2) is 0 Å². The van der Waals surface area contributed by atoms with Crippen molar-refractivity contribution in [2.75, 3.05) is 10.6 Å². The van der Waals surface area contributed by atoms with Gasteiger partial charge >= 0.3 is 0 Å². The molecule has 110 valence electrons. The Morgan fingerprint density at radius 1 is 1.24 bits per heavy atom. The van der Waals surface area contributed by atoms with Crippen molar-refractivity contribution in [3.63, 3.8) is 0 Å². The van der Waals surface area contributed by atoms with Crippen molar-refractivity contribution < 1.29 is 9.18 Å². The molecule has 0 aliphatic carbocycles. The summed E-state index contributed by atoms with van der Waals surface area (Å²) in [7, 11) is 0. The van der Waals surface area contributed by atoms with E-state index >= 15 is 0 Å². The van der Waals surface area contributed by atoms with E-state index in [-0.39, 0.29) is 11.6 Å². The van der Waals surface area contributed by atoms with Crippen LogP contribution in [0.4, 0.5) is 15.8 Å². The van der Waals surface area contributed by atoms with Crippen LogP contribution in [0.3, 0.4) is 0 Å². The molecule has 0 saturated carbocycles. The van der Waals surface area contributed by atoms with Crippen LogP contribution in [0.15, 0.2) is 42.5 Å². The summed E-state index contributed by atoms with van der Waals surface area (Å²) in [6.45, 7) is 3.60. The van der Waals surface area contributed by atoms with E-state index in [2.05, 4.69) is 10.6 Å². The monoisotopic (exact) mass is 306 g/mol. The lowest BCUT2D eigenvalue weighted by Gasteiger charge is -2.16. The van der Waals surface area contributed by atoms with Gasteiger partial charge in [0.1, 0.15) is 11.9 Å². The lowest BCUT2D eigenvalue weighted by Crippen LogP contribution is -2.32. The predicted molar refractivity (Wildman–Crippen MR) is 84.3 cm³/mol. The average molecular weight is 307 g/mol. The third-order valence-electron chi connectivity index (χ3n) is 3.08. The highest BCUT2D eigenvalue weighted by Gasteiger charge is 2.14. The van der Waals surface area contributed by atoms with Crippen molar-refractivity contribution in [1.82, 2.24) is 0 Å². The van der Waals surface area contributed by atoms with Gasteiger partial charge in [-0.3, -0.25) is 4.79 Å². The molecule has 0 fully saturated rings. The van der Waals surface area contributed by atoms with Crippen molar-refractivity contribution in [2.24, 2.45) is 0 Å². The number of hydrogen-bond acceptors (Lipinski definition) is 2. The van der Waals surface area contributed by atoms with Crippen molar-refractivity contribution in [1.29, 1.82) is 0 Å². The number of benzene rings is 2. The number of nitrogens with one attached hydrogen (secondary N) is 2. The first kappa shape index (κ1) is 15.3. The Balaban J connectivity index is 2.02. The highest BCUT2D eigenvalue weighted by Crippen LogP contribution is 2.21. The van der Waals surface area contributed by atoms with Crippen molar-refractivity contribution in [3.05, 3.63) is 58.9 Å². The second-order valence-corrected chi connectivity index (χ2v) is 5.21. The van der Waals surface area contributed by atoms with Crippen LogP contribution in [-0.4, -0.2) is 11.9 Å². The number of anilines is 2. The first-order valence-electron chi connectivity index (χ1n) is 6.55. The van der Waals surface area contributed by atoms with Crippen LogP contribution >= 0.6 is 11.6 Å². The van der Waals surface area contributed by atoms with Crippen LogP contribution in [0.2, 0.25) is 5.02 Å². The van der Waals surface area contributed by atoms with Crippen molar-refractivity contribution in [3.8, 4) is 0 Å². The van der Waals surface area contributed by atoms with E-state index in [4.69, 9.17) is 11.6 Å². The highest BCUT2D eigenvalue weighted by molar-refractivity contribution is 6.31. The number of aryl methyl sites for hydroxylation is 1. The van der Waals surface area contributed by atoms with E-state index in [0.29, 0.717) is 5.02 Å². The minimum absolute atomic E-state index is 0.165. The summed E-state index contributed by atoms with van der Waals surface area (Å²) in [5.74, 6) is -0.784. The largest absolute Gasteiger partial charge is 0.374 e. The lowest BCUT2D eigenvalue weighted by molar-refractivity contribution is -0.116. The molecular weight excluding hydrogens is 291 g/mol. The Morgan fingerprint density at radius 3 is 2.62 bits per heavy atom. The van der Waals surface area contributed by atoms with Gasteiger partial charge in [-0.15, -0.1) is 0 Å². The third-order valence-corrected chi connectivity index (χ3v) is 3.49. The lowest BCUT2D eigenvalue weighted by atomic mass is 10.2. The molecule has 0 bridgehead atoms. The number of rotatable bonds is 4. The molecule has 3 nitrogen and oxygen atoms in total. The minimum atomic E-state index is -0.525. The summed E-state index contributed by atoms with van der Waals surface area (Å²) >= 11 is 6.04. The number of amides is 1. The Kier molecular flexibility index (Phi) is 4.81. The van der Waals surface area contributed by atoms with E-state index in [9.17, 15) is 9.18 Å². The molecular formula is C16H16ClFN2O. The van der Waals surface area contributed by atoms with Crippen LogP contribution in [0, 0.1) is 12.7 Å². The highest BCUT2D eigenvalue weighted by atomic mass is 35.5. The molecule has 2 aromatic rings. The van der Waals surface area contributed by atoms with Gasteiger partial charge in [0.05, 0.1) is 5.69 Å². The SMILES string of the molecule is Cc1ccc(N[C@@H](C)C(=O)Nc2ccccc2F)cc1Cl. The molecule has 0 radical (unpaired) electrons. The topological polar surface area (TPSA) is 41.1 Å². The molecule has 1 amide bonds. The Labute approximate surface area is 128 Å². The summed E-state index contributed by atoms with van der Waals surface area (Å²) in [6.07, 6.45) is 0. The molecule has 2 N–H and O–H groups in total. The van der Waals surface area contributed by atoms with Crippen LogP contribution < -0.4 is 10.6 Å². The maximum Gasteiger partial charge on any atom is 0.246 e. The molecule has 0 aliphatic heterocycles. The number of carbonyl (C=O) groups excluding carboxylic acids is 1. The molecule has 0 unspecified atom stereocenters. The van der Waals surface area contributed by atoms with E-state index in [1.54, 1.807) is 25.1 Å². The summed E-state index contributed by atoms with van der Waals surface area (Å²) in [4.78, 5) is 12.0. The molecule has 0 aliphatic rings. The molecule has 5 heteroatoms. The van der Waals surface area contributed by atoms with Crippen LogP contribution in [0.5, 0.6) is 0 Å².